The molecule has 0 bridgehead atoms. The molecule has 0 spiro atoms. The van der Waals surface area contributed by atoms with E-state index in [2.05, 4.69) is 0 Å². The second-order valence-electron chi connectivity index (χ2n) is 4.07. The summed E-state index contributed by atoms with van der Waals surface area (Å²) in [6.07, 6.45) is -4.51. The van der Waals surface area contributed by atoms with Gasteiger partial charge < -0.3 is 10.0 Å². The van der Waals surface area contributed by atoms with Crippen molar-refractivity contribution in [2.24, 2.45) is 0 Å². The number of carbonyl (C=O) groups excluding carboxylic acids is 1. The molecule has 1 amide bonds. The molecule has 0 aliphatic heterocycles. The fraction of sp³-hybridized carbons (Fsp3) is 0.462. The fourth-order valence-electron chi connectivity index (χ4n) is 1.72. The Morgan fingerprint density at radius 3 is 2.58 bits per heavy atom. The van der Waals surface area contributed by atoms with Crippen LogP contribution in [0.3, 0.4) is 0 Å². The molecule has 0 radical (unpaired) electrons. The van der Waals surface area contributed by atoms with Gasteiger partial charge in [0, 0.05) is 13.1 Å². The molecule has 1 aromatic rings. The van der Waals surface area contributed by atoms with Gasteiger partial charge in [-0.05, 0) is 18.6 Å². The first-order valence-corrected chi connectivity index (χ1v) is 5.93. The number of hydrogen-bond donors (Lipinski definition) is 1. The summed E-state index contributed by atoms with van der Waals surface area (Å²) in [5, 5.41) is 8.79. The number of hydrogen-bond acceptors (Lipinski definition) is 2. The lowest BCUT2D eigenvalue weighted by Gasteiger charge is -2.19. The zero-order valence-corrected chi connectivity index (χ0v) is 10.6. The molecule has 0 atom stereocenters. The van der Waals surface area contributed by atoms with Gasteiger partial charge in [-0.3, -0.25) is 4.79 Å². The number of halogens is 3. The van der Waals surface area contributed by atoms with Crippen LogP contribution >= 0.6 is 0 Å². The summed E-state index contributed by atoms with van der Waals surface area (Å²) in [6, 6.07) is 4.72. The highest BCUT2D eigenvalue weighted by atomic mass is 19.4. The fourth-order valence-corrected chi connectivity index (χ4v) is 1.72. The van der Waals surface area contributed by atoms with Gasteiger partial charge in [-0.2, -0.15) is 13.2 Å². The molecule has 0 aromatic heterocycles. The minimum absolute atomic E-state index is 0.0994. The lowest BCUT2D eigenvalue weighted by Crippen LogP contribution is -2.34. The van der Waals surface area contributed by atoms with Crippen molar-refractivity contribution in [1.82, 2.24) is 4.90 Å². The molecule has 1 aromatic carbocycles. The molecule has 0 fully saturated rings. The van der Waals surface area contributed by atoms with Crippen LogP contribution < -0.4 is 0 Å². The van der Waals surface area contributed by atoms with Crippen molar-refractivity contribution in [3.05, 3.63) is 35.4 Å². The molecule has 1 rings (SSSR count). The van der Waals surface area contributed by atoms with Gasteiger partial charge in [0.15, 0.2) is 0 Å². The summed E-state index contributed by atoms with van der Waals surface area (Å²) >= 11 is 0. The maximum atomic E-state index is 12.5. The summed E-state index contributed by atoms with van der Waals surface area (Å²) < 4.78 is 37.6. The molecule has 19 heavy (non-hydrogen) atoms. The first-order chi connectivity index (χ1) is 8.88. The maximum absolute atomic E-state index is 12.5. The largest absolute Gasteiger partial charge is 0.416 e. The van der Waals surface area contributed by atoms with E-state index in [1.807, 2.05) is 0 Å². The summed E-state index contributed by atoms with van der Waals surface area (Å²) in [5.74, 6) is -0.295. The van der Waals surface area contributed by atoms with E-state index in [0.29, 0.717) is 12.1 Å². The zero-order valence-electron chi connectivity index (χ0n) is 10.6. The monoisotopic (exact) mass is 275 g/mol. The van der Waals surface area contributed by atoms with Crippen LogP contribution in [0.2, 0.25) is 0 Å². The van der Waals surface area contributed by atoms with Crippen LogP contribution in [-0.4, -0.2) is 35.6 Å². The Morgan fingerprint density at radius 2 is 2.05 bits per heavy atom. The van der Waals surface area contributed by atoms with E-state index < -0.39 is 11.7 Å². The predicted octanol–water partition coefficient (Wildman–Crippen LogP) is 2.09. The quantitative estimate of drug-likeness (QED) is 0.894. The molecule has 3 nitrogen and oxygen atoms in total. The van der Waals surface area contributed by atoms with Gasteiger partial charge in [0.05, 0.1) is 18.6 Å². The van der Waals surface area contributed by atoms with Gasteiger partial charge in [0.1, 0.15) is 0 Å². The van der Waals surface area contributed by atoms with Gasteiger partial charge in [0.2, 0.25) is 5.91 Å². The minimum atomic E-state index is -4.41. The molecule has 106 valence electrons. The summed E-state index contributed by atoms with van der Waals surface area (Å²) in [5.41, 5.74) is -0.445. The third-order valence-electron chi connectivity index (χ3n) is 2.71. The Bertz CT molecular complexity index is 432. The second kappa shape index (κ2) is 6.56. The number of rotatable bonds is 5. The van der Waals surface area contributed by atoms with Gasteiger partial charge in [-0.1, -0.05) is 18.2 Å². The van der Waals surface area contributed by atoms with E-state index in [1.54, 1.807) is 6.92 Å². The second-order valence-corrected chi connectivity index (χ2v) is 4.07. The van der Waals surface area contributed by atoms with Crippen LogP contribution in [0.1, 0.15) is 18.1 Å². The van der Waals surface area contributed by atoms with Gasteiger partial charge in [-0.15, -0.1) is 0 Å². The molecular weight excluding hydrogens is 259 g/mol. The Hall–Kier alpha value is -1.56. The van der Waals surface area contributed by atoms with Gasteiger partial charge in [-0.25, -0.2) is 0 Å². The van der Waals surface area contributed by atoms with Crippen LogP contribution in [0.25, 0.3) is 0 Å². The number of alkyl halides is 3. The zero-order chi connectivity index (χ0) is 14.5. The first kappa shape index (κ1) is 15.5. The molecule has 6 heteroatoms. The van der Waals surface area contributed by atoms with E-state index >= 15 is 0 Å². The maximum Gasteiger partial charge on any atom is 0.416 e. The van der Waals surface area contributed by atoms with E-state index in [-0.39, 0.29) is 25.5 Å². The molecule has 0 heterocycles. The smallest absolute Gasteiger partial charge is 0.395 e. The standard InChI is InChI=1S/C13H16F3NO2/c1-2-17(6-7-18)12(19)9-10-4-3-5-11(8-10)13(14,15)16/h3-5,8,18H,2,6-7,9H2,1H3. The normalized spacial score (nSPS) is 11.4. The van der Waals surface area contributed by atoms with Crippen LogP contribution in [0.15, 0.2) is 24.3 Å². The van der Waals surface area contributed by atoms with Gasteiger partial charge >= 0.3 is 6.18 Å². The van der Waals surface area contributed by atoms with Crippen LogP contribution in [0.5, 0.6) is 0 Å². The molecule has 0 saturated carbocycles. The van der Waals surface area contributed by atoms with E-state index in [4.69, 9.17) is 5.11 Å². The lowest BCUT2D eigenvalue weighted by molar-refractivity contribution is -0.138. The highest BCUT2D eigenvalue weighted by molar-refractivity contribution is 5.78. The molecule has 0 saturated heterocycles. The number of amides is 1. The topological polar surface area (TPSA) is 40.5 Å². The Morgan fingerprint density at radius 1 is 1.37 bits per heavy atom. The van der Waals surface area contributed by atoms with Crippen molar-refractivity contribution in [2.45, 2.75) is 19.5 Å². The Balaban J connectivity index is 2.79. The molecular formula is C13H16F3NO2. The summed E-state index contributed by atoms with van der Waals surface area (Å²) in [6.45, 7) is 2.19. The van der Waals surface area contributed by atoms with Crippen LogP contribution in [0, 0.1) is 0 Å². The Kier molecular flexibility index (Phi) is 5.35. The van der Waals surface area contributed by atoms with Crippen LogP contribution in [0.4, 0.5) is 13.2 Å². The van der Waals surface area contributed by atoms with Crippen molar-refractivity contribution in [2.75, 3.05) is 19.7 Å². The lowest BCUT2D eigenvalue weighted by atomic mass is 10.1. The minimum Gasteiger partial charge on any atom is -0.395 e. The highest BCUT2D eigenvalue weighted by Gasteiger charge is 2.30. The number of likely N-dealkylation sites (N-methyl/N-ethyl adjacent to an activating group) is 1. The predicted molar refractivity (Wildman–Crippen MR) is 64.5 cm³/mol. The number of nitrogens with zero attached hydrogens (tertiary/aromatic N) is 1. The van der Waals surface area contributed by atoms with E-state index in [0.717, 1.165) is 12.1 Å². The van der Waals surface area contributed by atoms with Crippen molar-refractivity contribution in [3.8, 4) is 0 Å². The number of aliphatic hydroxyl groups excluding tert-OH is 1. The molecule has 0 aliphatic carbocycles. The van der Waals surface area contributed by atoms with Gasteiger partial charge in [0.25, 0.3) is 0 Å². The average molecular weight is 275 g/mol. The number of carbonyl (C=O) groups is 1. The Labute approximate surface area is 109 Å². The summed E-state index contributed by atoms with van der Waals surface area (Å²) in [4.78, 5) is 13.2. The van der Waals surface area contributed by atoms with Crippen molar-refractivity contribution >= 4 is 5.91 Å². The number of aliphatic hydroxyl groups is 1. The highest BCUT2D eigenvalue weighted by Crippen LogP contribution is 2.29. The summed E-state index contributed by atoms with van der Waals surface area (Å²) in [7, 11) is 0. The third-order valence-corrected chi connectivity index (χ3v) is 2.71. The van der Waals surface area contributed by atoms with E-state index in [9.17, 15) is 18.0 Å². The number of benzene rings is 1. The van der Waals surface area contributed by atoms with E-state index in [1.165, 1.54) is 17.0 Å². The SMILES string of the molecule is CCN(CCO)C(=O)Cc1cccc(C(F)(F)F)c1. The van der Waals surface area contributed by atoms with Crippen molar-refractivity contribution in [1.29, 1.82) is 0 Å². The van der Waals surface area contributed by atoms with Crippen LogP contribution in [-0.2, 0) is 17.4 Å². The van der Waals surface area contributed by atoms with Crippen molar-refractivity contribution < 1.29 is 23.1 Å². The molecule has 1 N–H and O–H groups in total. The van der Waals surface area contributed by atoms with Crippen molar-refractivity contribution in [3.63, 3.8) is 0 Å². The third kappa shape index (κ3) is 4.55. The average Bonchev–Trinajstić information content (AvgIpc) is 2.35. The first-order valence-electron chi connectivity index (χ1n) is 5.93. The molecule has 0 unspecified atom stereocenters. The molecule has 0 aliphatic rings.